The Hall–Kier alpha value is -3.23. The number of nitrogens with one attached hydrogen (secondary N) is 3. The number of carbonyl (C=O) groups is 5. The van der Waals surface area contributed by atoms with Crippen LogP contribution < -0.4 is 16.0 Å². The summed E-state index contributed by atoms with van der Waals surface area (Å²) in [7, 11) is 0. The standard InChI is InChI=1S/C21H29N3O6/c1-13(22-18(26)10-7-11-19(27)28)20(29)23-14(2)21(30)24-17(15(3)25)12-16-8-5-4-6-9-16/h4-6,8-9,13-14,17H,7,10-12H2,1-3H3,(H,22,26)(H,23,29)(H,24,30)(H,27,28). The molecule has 0 saturated heterocycles. The fraction of sp³-hybridized carbons (Fsp3) is 0.476. The molecule has 3 atom stereocenters. The first-order chi connectivity index (χ1) is 14.1. The van der Waals surface area contributed by atoms with Crippen molar-refractivity contribution in [3.05, 3.63) is 35.9 Å². The molecule has 4 N–H and O–H groups in total. The van der Waals surface area contributed by atoms with Gasteiger partial charge in [-0.05, 0) is 39.2 Å². The minimum absolute atomic E-state index is 0.0141. The van der Waals surface area contributed by atoms with E-state index in [9.17, 15) is 24.0 Å². The maximum absolute atomic E-state index is 12.4. The average Bonchev–Trinajstić information content (AvgIpc) is 2.67. The van der Waals surface area contributed by atoms with E-state index < -0.39 is 41.8 Å². The number of ketones is 1. The largest absolute Gasteiger partial charge is 0.481 e. The summed E-state index contributed by atoms with van der Waals surface area (Å²) in [6, 6.07) is 6.72. The van der Waals surface area contributed by atoms with Gasteiger partial charge in [0.25, 0.3) is 0 Å². The predicted molar refractivity (Wildman–Crippen MR) is 109 cm³/mol. The van der Waals surface area contributed by atoms with E-state index >= 15 is 0 Å². The molecule has 0 aliphatic heterocycles. The van der Waals surface area contributed by atoms with Gasteiger partial charge in [-0.15, -0.1) is 0 Å². The highest BCUT2D eigenvalue weighted by atomic mass is 16.4. The molecule has 1 aromatic rings. The van der Waals surface area contributed by atoms with Gasteiger partial charge >= 0.3 is 5.97 Å². The zero-order valence-electron chi connectivity index (χ0n) is 17.4. The predicted octanol–water partition coefficient (Wildman–Crippen LogP) is 0.567. The van der Waals surface area contributed by atoms with E-state index in [0.29, 0.717) is 6.42 Å². The molecule has 0 bridgehead atoms. The zero-order chi connectivity index (χ0) is 22.7. The lowest BCUT2D eigenvalue weighted by Crippen LogP contribution is -2.54. The molecule has 9 heteroatoms. The first-order valence-electron chi connectivity index (χ1n) is 9.76. The first-order valence-corrected chi connectivity index (χ1v) is 9.76. The molecule has 3 amide bonds. The molecular weight excluding hydrogens is 390 g/mol. The molecule has 3 unspecified atom stereocenters. The average molecular weight is 419 g/mol. The van der Waals surface area contributed by atoms with E-state index in [-0.39, 0.29) is 25.0 Å². The van der Waals surface area contributed by atoms with Crippen molar-refractivity contribution in [3.63, 3.8) is 0 Å². The van der Waals surface area contributed by atoms with Gasteiger partial charge in [0.05, 0.1) is 6.04 Å². The van der Waals surface area contributed by atoms with Crippen molar-refractivity contribution < 1.29 is 29.1 Å². The summed E-state index contributed by atoms with van der Waals surface area (Å²) in [5.74, 6) is -2.72. The summed E-state index contributed by atoms with van der Waals surface area (Å²) < 4.78 is 0. The Labute approximate surface area is 175 Å². The maximum Gasteiger partial charge on any atom is 0.303 e. The van der Waals surface area contributed by atoms with Crippen LogP contribution in [0.2, 0.25) is 0 Å². The Morgan fingerprint density at radius 2 is 1.43 bits per heavy atom. The molecule has 0 aliphatic rings. The van der Waals surface area contributed by atoms with Crippen molar-refractivity contribution >= 4 is 29.5 Å². The summed E-state index contributed by atoms with van der Waals surface area (Å²) in [6.07, 6.45) is 0.360. The third kappa shape index (κ3) is 9.31. The van der Waals surface area contributed by atoms with Gasteiger partial charge in [-0.1, -0.05) is 30.3 Å². The maximum atomic E-state index is 12.4. The van der Waals surface area contributed by atoms with E-state index in [1.54, 1.807) is 0 Å². The van der Waals surface area contributed by atoms with E-state index in [1.165, 1.54) is 20.8 Å². The smallest absolute Gasteiger partial charge is 0.303 e. The fourth-order valence-electron chi connectivity index (χ4n) is 2.63. The van der Waals surface area contributed by atoms with Gasteiger partial charge in [-0.3, -0.25) is 24.0 Å². The molecule has 30 heavy (non-hydrogen) atoms. The molecule has 0 radical (unpaired) electrons. The number of amides is 3. The molecule has 0 heterocycles. The Morgan fingerprint density at radius 3 is 2.00 bits per heavy atom. The van der Waals surface area contributed by atoms with Crippen LogP contribution in [0.25, 0.3) is 0 Å². The highest BCUT2D eigenvalue weighted by Gasteiger charge is 2.24. The summed E-state index contributed by atoms with van der Waals surface area (Å²) in [4.78, 5) is 58.7. The van der Waals surface area contributed by atoms with Crippen LogP contribution in [-0.4, -0.2) is 52.7 Å². The quantitative estimate of drug-likeness (QED) is 0.390. The van der Waals surface area contributed by atoms with E-state index in [2.05, 4.69) is 16.0 Å². The Kier molecular flexibility index (Phi) is 10.2. The van der Waals surface area contributed by atoms with Gasteiger partial charge in [-0.25, -0.2) is 0 Å². The molecule has 1 rings (SSSR count). The van der Waals surface area contributed by atoms with Crippen LogP contribution in [0, 0.1) is 0 Å². The Balaban J connectivity index is 2.52. The van der Waals surface area contributed by atoms with Crippen molar-refractivity contribution in [3.8, 4) is 0 Å². The highest BCUT2D eigenvalue weighted by Crippen LogP contribution is 2.04. The number of benzene rings is 1. The van der Waals surface area contributed by atoms with Crippen molar-refractivity contribution in [2.75, 3.05) is 0 Å². The third-order valence-electron chi connectivity index (χ3n) is 4.41. The molecule has 9 nitrogen and oxygen atoms in total. The summed E-state index contributed by atoms with van der Waals surface area (Å²) in [6.45, 7) is 4.33. The van der Waals surface area contributed by atoms with Crippen molar-refractivity contribution in [2.24, 2.45) is 0 Å². The number of hydrogen-bond acceptors (Lipinski definition) is 5. The van der Waals surface area contributed by atoms with Gasteiger partial charge < -0.3 is 21.1 Å². The number of carboxylic acids is 1. The number of rotatable bonds is 12. The van der Waals surface area contributed by atoms with E-state index in [1.807, 2.05) is 30.3 Å². The topological polar surface area (TPSA) is 142 Å². The lowest BCUT2D eigenvalue weighted by atomic mass is 10.0. The lowest BCUT2D eigenvalue weighted by molar-refractivity contribution is -0.137. The lowest BCUT2D eigenvalue weighted by Gasteiger charge is -2.21. The number of carbonyl (C=O) groups excluding carboxylic acids is 4. The number of Topliss-reactive ketones (excluding diaryl/α,β-unsaturated/α-hetero) is 1. The van der Waals surface area contributed by atoms with Crippen molar-refractivity contribution in [1.29, 1.82) is 0 Å². The van der Waals surface area contributed by atoms with Gasteiger partial charge in [-0.2, -0.15) is 0 Å². The summed E-state index contributed by atoms with van der Waals surface area (Å²) in [5, 5.41) is 16.2. The molecule has 1 aromatic carbocycles. The Morgan fingerprint density at radius 1 is 0.867 bits per heavy atom. The monoisotopic (exact) mass is 419 g/mol. The second-order valence-corrected chi connectivity index (χ2v) is 7.13. The van der Waals surface area contributed by atoms with E-state index in [0.717, 1.165) is 5.56 Å². The number of carboxylic acid groups (broad SMARTS) is 1. The Bertz CT molecular complexity index is 765. The van der Waals surface area contributed by atoms with Crippen LogP contribution in [0.15, 0.2) is 30.3 Å². The van der Waals surface area contributed by atoms with Gasteiger partial charge in [0.1, 0.15) is 12.1 Å². The highest BCUT2D eigenvalue weighted by molar-refractivity contribution is 5.93. The van der Waals surface area contributed by atoms with Gasteiger partial charge in [0.15, 0.2) is 5.78 Å². The van der Waals surface area contributed by atoms with E-state index in [4.69, 9.17) is 5.11 Å². The summed E-state index contributed by atoms with van der Waals surface area (Å²) >= 11 is 0. The van der Waals surface area contributed by atoms with Crippen LogP contribution in [0.4, 0.5) is 0 Å². The zero-order valence-corrected chi connectivity index (χ0v) is 17.4. The SMILES string of the molecule is CC(=O)C(Cc1ccccc1)NC(=O)C(C)NC(=O)C(C)NC(=O)CCCC(=O)O. The van der Waals surface area contributed by atoms with Crippen LogP contribution in [0.1, 0.15) is 45.6 Å². The van der Waals surface area contributed by atoms with Crippen LogP contribution in [0.3, 0.4) is 0 Å². The molecule has 0 saturated carbocycles. The number of aliphatic carboxylic acids is 1. The van der Waals surface area contributed by atoms with Gasteiger partial charge in [0.2, 0.25) is 17.7 Å². The van der Waals surface area contributed by atoms with Crippen LogP contribution >= 0.6 is 0 Å². The second-order valence-electron chi connectivity index (χ2n) is 7.13. The van der Waals surface area contributed by atoms with Crippen LogP contribution in [-0.2, 0) is 30.4 Å². The molecule has 0 fully saturated rings. The molecule has 0 spiro atoms. The normalized spacial score (nSPS) is 13.4. The minimum atomic E-state index is -0.996. The minimum Gasteiger partial charge on any atom is -0.481 e. The molecule has 0 aromatic heterocycles. The molecule has 164 valence electrons. The van der Waals surface area contributed by atoms with Crippen LogP contribution in [0.5, 0.6) is 0 Å². The summed E-state index contributed by atoms with van der Waals surface area (Å²) in [5.41, 5.74) is 0.897. The van der Waals surface area contributed by atoms with Crippen molar-refractivity contribution in [1.82, 2.24) is 16.0 Å². The second kappa shape index (κ2) is 12.4. The fourth-order valence-corrected chi connectivity index (χ4v) is 2.63. The molecule has 0 aliphatic carbocycles. The first kappa shape index (κ1) is 24.8. The molecular formula is C21H29N3O6. The van der Waals surface area contributed by atoms with Gasteiger partial charge in [0, 0.05) is 12.8 Å². The number of hydrogen-bond donors (Lipinski definition) is 4. The third-order valence-corrected chi connectivity index (χ3v) is 4.41. The van der Waals surface area contributed by atoms with Crippen molar-refractivity contribution in [2.45, 2.75) is 64.6 Å².